The zero-order valence-corrected chi connectivity index (χ0v) is 63.4. The van der Waals surface area contributed by atoms with Crippen LogP contribution in [-0.4, -0.2) is 159 Å². The smallest absolute Gasteiger partial charge is 0.419 e. The molecule has 6 atom stereocenters. The molecule has 0 aliphatic carbocycles. The molecule has 1 aromatic heterocycles. The van der Waals surface area contributed by atoms with Gasteiger partial charge in [-0.25, -0.2) is 35.9 Å². The topological polar surface area (TPSA) is 457 Å². The Hall–Kier alpha value is -9.04. The number of fused-ring (bicyclic) bond motifs is 3. The van der Waals surface area contributed by atoms with Gasteiger partial charge < -0.3 is 68.4 Å². The number of sulfonamides is 2. The van der Waals surface area contributed by atoms with Crippen molar-refractivity contribution in [2.75, 3.05) is 19.6 Å². The van der Waals surface area contributed by atoms with Crippen molar-refractivity contribution in [3.8, 4) is 11.5 Å². The normalized spacial score (nSPS) is 16.0. The van der Waals surface area contributed by atoms with Gasteiger partial charge in [0.15, 0.2) is 0 Å². The lowest BCUT2D eigenvalue weighted by Crippen LogP contribution is -2.60. The van der Waals surface area contributed by atoms with Crippen LogP contribution in [-0.2, 0) is 77.6 Å². The van der Waals surface area contributed by atoms with E-state index in [1.165, 1.54) is 17.7 Å². The average molecular weight is 1460 g/mol. The second-order valence-corrected chi connectivity index (χ2v) is 32.6. The molecule has 0 bridgehead atoms. The van der Waals surface area contributed by atoms with Crippen LogP contribution in [0, 0.1) is 53.4 Å². The number of aliphatic imine (C=N–C) groups is 2. The third-order valence-corrected chi connectivity index (χ3v) is 20.9. The molecule has 0 unspecified atom stereocenters. The van der Waals surface area contributed by atoms with Crippen LogP contribution in [0.3, 0.4) is 0 Å². The molecule has 2 aliphatic heterocycles. The minimum Gasteiger partial charge on any atom is -0.487 e. The van der Waals surface area contributed by atoms with Gasteiger partial charge in [0.05, 0.1) is 27.9 Å². The number of para-hydroxylation sites is 1. The van der Waals surface area contributed by atoms with Gasteiger partial charge in [-0.05, 0) is 186 Å². The number of benzene rings is 3. The molecule has 6 rings (SSSR count). The Kier molecular flexibility index (Phi) is 26.5. The highest BCUT2D eigenvalue weighted by molar-refractivity contribution is 7.90. The van der Waals surface area contributed by atoms with Crippen molar-refractivity contribution in [3.05, 3.63) is 80.5 Å². The van der Waals surface area contributed by atoms with E-state index in [-0.39, 0.29) is 67.3 Å². The summed E-state index contributed by atoms with van der Waals surface area (Å²) in [6.45, 7) is 30.1. The van der Waals surface area contributed by atoms with Crippen LogP contribution in [0.5, 0.6) is 11.5 Å². The van der Waals surface area contributed by atoms with Gasteiger partial charge in [0.25, 0.3) is 20.0 Å². The van der Waals surface area contributed by atoms with E-state index < -0.39 is 145 Å². The second kappa shape index (κ2) is 32.9. The number of nitrogens with zero attached hydrogens (tertiary/aromatic N) is 3. The summed E-state index contributed by atoms with van der Waals surface area (Å²) in [5.74, 6) is -7.13. The highest BCUT2D eigenvalue weighted by atomic mass is 32.2. The number of hydrogen-bond acceptors (Lipinski definition) is 18. The van der Waals surface area contributed by atoms with Gasteiger partial charge in [0.2, 0.25) is 47.4 Å². The van der Waals surface area contributed by atoms with Gasteiger partial charge in [-0.2, -0.15) is 0 Å². The average Bonchev–Trinajstić information content (AvgIpc) is 1.53. The van der Waals surface area contributed by atoms with E-state index in [2.05, 4.69) is 51.3 Å². The number of nitrogens with two attached hydrogens (primary N) is 3. The standard InChI is InChI=1S/C70H104N14O16S2/c1-35(2)29-50(80-61(88)51(79-59(86)43(11)71)30-44-34-84(67(93)100-68(12,13)14)52-26-20-19-23-45(44)52)62(89)81-54(36(3)4)63(90)78-48(24-21-27-74-65(72)82-101(94,95)57-39(7)37(5)55-46(41(57)9)31-69(15,16)98-55)60(87)76-33-53(85)77-49(64(91)92)25-22-28-75-66(73)83-102(96,97)58-40(8)38(6)56-47(42(58)10)32-70(17,18)99-56/h19-20,23,26,34-36,43,48-51,54H,21-22,24-25,27-33,71H2,1-18H3,(H,76,87)(H,77,85)(H,78,90)(H,79,86)(H,80,88)(H,81,89)(H,91,92)(H3,72,74,82)(H3,73,75,83)/t43-,48-,49-,50-,51-,54-/m0/s1. The molecular weight excluding hydrogens is 1360 g/mol. The second-order valence-electron chi connectivity index (χ2n) is 29.4. The predicted molar refractivity (Wildman–Crippen MR) is 386 cm³/mol. The van der Waals surface area contributed by atoms with Crippen molar-refractivity contribution >= 4 is 90.4 Å². The number of aromatic nitrogens is 1. The molecule has 32 heteroatoms. The lowest BCUT2D eigenvalue weighted by atomic mass is 9.94. The SMILES string of the molecule is Cc1c(C)c(S(=O)(=O)NC(N)=NCCC[C@H](NC(=O)CNC(=O)[C@H](CCCN=C(N)NS(=O)(=O)c2c(C)c(C)c3c(c2C)CC(C)(C)O3)NC(=O)[C@@H](NC(=O)[C@H](CC(C)C)NC(=O)[C@H](Cc2cn(C(=O)OC(C)(C)C)c3ccccc23)NC(=O)[C@H](C)N)C(C)C)C(=O)O)c(C)c2c1OC(C)(C)C2. The molecular formula is C70H104N14O16S2. The van der Waals surface area contributed by atoms with Crippen LogP contribution in [0.2, 0.25) is 0 Å². The maximum absolute atomic E-state index is 14.6. The first-order chi connectivity index (χ1) is 47.2. The van der Waals surface area contributed by atoms with Crippen molar-refractivity contribution in [3.63, 3.8) is 0 Å². The zero-order chi connectivity index (χ0) is 76.6. The summed E-state index contributed by atoms with van der Waals surface area (Å²) in [6, 6.07) is -1.27. The molecule has 562 valence electrons. The number of hydrogen-bond donors (Lipinski definition) is 12. The number of aliphatic carboxylic acids is 1. The van der Waals surface area contributed by atoms with Crippen molar-refractivity contribution in [1.29, 1.82) is 0 Å². The van der Waals surface area contributed by atoms with Crippen LogP contribution in [0.15, 0.2) is 50.2 Å². The number of carbonyl (C=O) groups is 8. The van der Waals surface area contributed by atoms with E-state index in [4.69, 9.17) is 31.4 Å². The van der Waals surface area contributed by atoms with Crippen LogP contribution in [0.1, 0.15) is 165 Å². The molecule has 0 saturated carbocycles. The highest BCUT2D eigenvalue weighted by Gasteiger charge is 2.40. The highest BCUT2D eigenvalue weighted by Crippen LogP contribution is 2.45. The molecule has 0 radical (unpaired) electrons. The molecule has 4 aromatic rings. The van der Waals surface area contributed by atoms with Crippen molar-refractivity contribution in [2.45, 2.75) is 239 Å². The number of ether oxygens (including phenoxy) is 3. The van der Waals surface area contributed by atoms with E-state index in [1.807, 2.05) is 27.7 Å². The first-order valence-corrected chi connectivity index (χ1v) is 37.0. The van der Waals surface area contributed by atoms with E-state index in [0.29, 0.717) is 74.2 Å². The van der Waals surface area contributed by atoms with Gasteiger partial charge in [-0.1, -0.05) is 45.9 Å². The maximum Gasteiger partial charge on any atom is 0.419 e. The summed E-state index contributed by atoms with van der Waals surface area (Å²) in [5.41, 5.74) is 22.0. The fourth-order valence-corrected chi connectivity index (χ4v) is 15.5. The molecule has 0 spiro atoms. The Bertz CT molecular complexity index is 4190. The fourth-order valence-electron chi connectivity index (χ4n) is 12.4. The van der Waals surface area contributed by atoms with Crippen molar-refractivity contribution in [2.24, 2.45) is 39.0 Å². The van der Waals surface area contributed by atoms with Gasteiger partial charge in [-0.3, -0.25) is 43.3 Å². The van der Waals surface area contributed by atoms with Gasteiger partial charge >= 0.3 is 12.1 Å². The molecule has 15 N–H and O–H groups in total. The van der Waals surface area contributed by atoms with E-state index in [9.17, 15) is 60.3 Å². The van der Waals surface area contributed by atoms with Crippen LogP contribution < -0.4 is 68.0 Å². The lowest BCUT2D eigenvalue weighted by molar-refractivity contribution is -0.142. The molecule has 3 aromatic carbocycles. The van der Waals surface area contributed by atoms with Crippen LogP contribution in [0.25, 0.3) is 10.9 Å². The van der Waals surface area contributed by atoms with Gasteiger partial charge in [0, 0.05) is 55.1 Å². The summed E-state index contributed by atoms with van der Waals surface area (Å²) in [5, 5.41) is 26.3. The number of carbonyl (C=O) groups excluding carboxylic acids is 7. The molecule has 30 nitrogen and oxygen atoms in total. The Morgan fingerprint density at radius 2 is 1.10 bits per heavy atom. The van der Waals surface area contributed by atoms with Crippen molar-refractivity contribution < 1.29 is 74.5 Å². The number of nitrogens with one attached hydrogen (secondary N) is 8. The Morgan fingerprint density at radius 3 is 1.57 bits per heavy atom. The van der Waals surface area contributed by atoms with Crippen molar-refractivity contribution in [1.82, 2.24) is 45.9 Å². The van der Waals surface area contributed by atoms with Gasteiger partial charge in [-0.15, -0.1) is 0 Å². The number of carboxylic acid groups (broad SMARTS) is 1. The fraction of sp³-hybridized carbons (Fsp3) is 0.571. The summed E-state index contributed by atoms with van der Waals surface area (Å²) in [6.07, 6.45) is 1.13. The monoisotopic (exact) mass is 1460 g/mol. The summed E-state index contributed by atoms with van der Waals surface area (Å²) in [4.78, 5) is 119. The minimum absolute atomic E-state index is 0.00546. The molecule has 102 heavy (non-hydrogen) atoms. The zero-order valence-electron chi connectivity index (χ0n) is 61.7. The number of carboxylic acids is 1. The molecule has 3 heterocycles. The third kappa shape index (κ3) is 20.8. The molecule has 2 aliphatic rings. The summed E-state index contributed by atoms with van der Waals surface area (Å²) >= 11 is 0. The number of guanidine groups is 2. The van der Waals surface area contributed by atoms with E-state index in [0.717, 1.165) is 11.1 Å². The third-order valence-electron chi connectivity index (χ3n) is 17.6. The Labute approximate surface area is 597 Å². The number of amides is 6. The molecule has 0 saturated heterocycles. The predicted octanol–water partition coefficient (Wildman–Crippen LogP) is 4.07. The summed E-state index contributed by atoms with van der Waals surface area (Å²) < 4.78 is 79.4. The van der Waals surface area contributed by atoms with E-state index >= 15 is 0 Å². The Balaban J connectivity index is 1.18. The number of rotatable bonds is 30. The maximum atomic E-state index is 14.6. The lowest BCUT2D eigenvalue weighted by Gasteiger charge is -2.29. The van der Waals surface area contributed by atoms with Gasteiger partial charge in [0.1, 0.15) is 58.5 Å². The minimum atomic E-state index is -4.32. The largest absolute Gasteiger partial charge is 0.487 e. The van der Waals surface area contributed by atoms with E-state index in [1.54, 1.807) is 114 Å². The molecule has 6 amide bonds. The quantitative estimate of drug-likeness (QED) is 0.0199. The first kappa shape index (κ1) is 81.9. The van der Waals surface area contributed by atoms with Crippen LogP contribution in [0.4, 0.5) is 4.79 Å². The first-order valence-electron chi connectivity index (χ1n) is 34.0. The molecule has 0 fully saturated rings. The summed E-state index contributed by atoms with van der Waals surface area (Å²) in [7, 11) is -8.57. The van der Waals surface area contributed by atoms with Crippen LogP contribution >= 0.6 is 0 Å². The Morgan fingerprint density at radius 1 is 0.627 bits per heavy atom.